The van der Waals surface area contributed by atoms with Gasteiger partial charge in [0.15, 0.2) is 0 Å². The smallest absolute Gasteiger partial charge is 0.257 e. The lowest BCUT2D eigenvalue weighted by atomic mass is 10.1. The standard InChI is InChI=1S/C14H13ClN2OS/c1-19-11-4-2-3-10(8-11)17-14(18)12-7-9(15)5-6-13(12)16/h2-8H,16H2,1H3,(H,17,18). The summed E-state index contributed by atoms with van der Waals surface area (Å²) in [5.74, 6) is -0.266. The van der Waals surface area contributed by atoms with Crippen LogP contribution in [0.4, 0.5) is 11.4 Å². The summed E-state index contributed by atoms with van der Waals surface area (Å²) >= 11 is 7.49. The van der Waals surface area contributed by atoms with Gasteiger partial charge in [0.2, 0.25) is 0 Å². The van der Waals surface area contributed by atoms with Gasteiger partial charge in [-0.3, -0.25) is 4.79 Å². The number of benzene rings is 2. The SMILES string of the molecule is CSc1cccc(NC(=O)c2cc(Cl)ccc2N)c1. The van der Waals surface area contributed by atoms with E-state index in [-0.39, 0.29) is 5.91 Å². The highest BCUT2D eigenvalue weighted by molar-refractivity contribution is 7.98. The largest absolute Gasteiger partial charge is 0.398 e. The predicted molar refractivity (Wildman–Crippen MR) is 82.0 cm³/mol. The number of amides is 1. The van der Waals surface area contributed by atoms with Crippen LogP contribution in [0.15, 0.2) is 47.4 Å². The molecule has 2 rings (SSSR count). The average molecular weight is 293 g/mol. The summed E-state index contributed by atoms with van der Waals surface area (Å²) in [6, 6.07) is 12.4. The lowest BCUT2D eigenvalue weighted by Gasteiger charge is -2.08. The maximum Gasteiger partial charge on any atom is 0.257 e. The van der Waals surface area contributed by atoms with E-state index < -0.39 is 0 Å². The van der Waals surface area contributed by atoms with Crippen LogP contribution < -0.4 is 11.1 Å². The maximum absolute atomic E-state index is 12.1. The van der Waals surface area contributed by atoms with Crippen LogP contribution in [0, 0.1) is 0 Å². The van der Waals surface area contributed by atoms with Gasteiger partial charge in [0.1, 0.15) is 0 Å². The van der Waals surface area contributed by atoms with E-state index in [1.807, 2.05) is 30.5 Å². The third-order valence-corrected chi connectivity index (χ3v) is 3.55. The number of thioether (sulfide) groups is 1. The Morgan fingerprint density at radius 1 is 1.26 bits per heavy atom. The van der Waals surface area contributed by atoms with E-state index in [2.05, 4.69) is 5.32 Å². The van der Waals surface area contributed by atoms with Crippen LogP contribution in [0.25, 0.3) is 0 Å². The van der Waals surface area contributed by atoms with Crippen molar-refractivity contribution in [2.45, 2.75) is 4.90 Å². The molecule has 0 saturated carbocycles. The zero-order chi connectivity index (χ0) is 13.8. The summed E-state index contributed by atoms with van der Waals surface area (Å²) in [5, 5.41) is 3.29. The van der Waals surface area contributed by atoms with Crippen LogP contribution >= 0.6 is 23.4 Å². The van der Waals surface area contributed by atoms with Crippen LogP contribution in [-0.2, 0) is 0 Å². The summed E-state index contributed by atoms with van der Waals surface area (Å²) in [6.07, 6.45) is 1.98. The van der Waals surface area contributed by atoms with Crippen molar-refractivity contribution in [2.75, 3.05) is 17.3 Å². The van der Waals surface area contributed by atoms with Crippen molar-refractivity contribution in [3.63, 3.8) is 0 Å². The molecule has 2 aromatic rings. The highest BCUT2D eigenvalue weighted by Crippen LogP contribution is 2.22. The highest BCUT2D eigenvalue weighted by atomic mass is 35.5. The Kier molecular flexibility index (Phi) is 4.35. The maximum atomic E-state index is 12.1. The number of carbonyl (C=O) groups is 1. The molecule has 1 amide bonds. The number of hydrogen-bond acceptors (Lipinski definition) is 3. The van der Waals surface area contributed by atoms with Crippen LogP contribution in [0.3, 0.4) is 0 Å². The number of nitrogens with two attached hydrogens (primary N) is 1. The predicted octanol–water partition coefficient (Wildman–Crippen LogP) is 3.90. The fourth-order valence-corrected chi connectivity index (χ4v) is 2.26. The summed E-state index contributed by atoms with van der Waals surface area (Å²) in [5.41, 5.74) is 7.29. The van der Waals surface area contributed by atoms with Gasteiger partial charge < -0.3 is 11.1 Å². The van der Waals surface area contributed by atoms with Gasteiger partial charge in [-0.05, 0) is 42.7 Å². The molecule has 0 aliphatic carbocycles. The average Bonchev–Trinajstić information content (AvgIpc) is 2.41. The van der Waals surface area contributed by atoms with Gasteiger partial charge in [-0.25, -0.2) is 0 Å². The number of hydrogen-bond donors (Lipinski definition) is 2. The van der Waals surface area contributed by atoms with Crippen LogP contribution in [0.5, 0.6) is 0 Å². The topological polar surface area (TPSA) is 55.1 Å². The minimum atomic E-state index is -0.266. The van der Waals surface area contributed by atoms with Crippen LogP contribution in [-0.4, -0.2) is 12.2 Å². The van der Waals surface area contributed by atoms with E-state index in [0.29, 0.717) is 16.3 Å². The second kappa shape index (κ2) is 5.99. The monoisotopic (exact) mass is 292 g/mol. The second-order valence-corrected chi connectivity index (χ2v) is 5.23. The molecule has 0 aliphatic rings. The van der Waals surface area contributed by atoms with Gasteiger partial charge in [-0.15, -0.1) is 11.8 Å². The van der Waals surface area contributed by atoms with Crippen molar-refractivity contribution in [3.05, 3.63) is 53.1 Å². The number of rotatable bonds is 3. The summed E-state index contributed by atoms with van der Waals surface area (Å²) in [4.78, 5) is 13.2. The van der Waals surface area contributed by atoms with Gasteiger partial charge >= 0.3 is 0 Å². The number of anilines is 2. The first-order chi connectivity index (χ1) is 9.10. The molecule has 0 bridgehead atoms. The Bertz CT molecular complexity index is 616. The Balaban J connectivity index is 2.23. The molecular formula is C14H13ClN2OS. The summed E-state index contributed by atoms with van der Waals surface area (Å²) in [7, 11) is 0. The van der Waals surface area contributed by atoms with Crippen molar-refractivity contribution in [1.82, 2.24) is 0 Å². The van der Waals surface area contributed by atoms with Crippen LogP contribution in [0.2, 0.25) is 5.02 Å². The zero-order valence-electron chi connectivity index (χ0n) is 10.3. The third-order valence-electron chi connectivity index (χ3n) is 2.59. The molecule has 3 N–H and O–H groups in total. The molecule has 0 heterocycles. The molecule has 3 nitrogen and oxygen atoms in total. The van der Waals surface area contributed by atoms with E-state index >= 15 is 0 Å². The van der Waals surface area contributed by atoms with E-state index in [1.54, 1.807) is 30.0 Å². The molecular weight excluding hydrogens is 280 g/mol. The fraction of sp³-hybridized carbons (Fsp3) is 0.0714. The van der Waals surface area contributed by atoms with Crippen molar-refractivity contribution >= 4 is 40.6 Å². The van der Waals surface area contributed by atoms with Crippen molar-refractivity contribution in [1.29, 1.82) is 0 Å². The number of nitrogens with one attached hydrogen (secondary N) is 1. The van der Waals surface area contributed by atoms with Gasteiger partial charge in [0.25, 0.3) is 5.91 Å². The number of halogens is 1. The summed E-state index contributed by atoms with van der Waals surface area (Å²) in [6.45, 7) is 0. The van der Waals surface area contributed by atoms with Gasteiger partial charge in [0, 0.05) is 21.3 Å². The zero-order valence-corrected chi connectivity index (χ0v) is 11.9. The Morgan fingerprint density at radius 2 is 2.05 bits per heavy atom. The number of nitrogen functional groups attached to an aromatic ring is 1. The Hall–Kier alpha value is -1.65. The minimum Gasteiger partial charge on any atom is -0.398 e. The van der Waals surface area contributed by atoms with Gasteiger partial charge in [-0.2, -0.15) is 0 Å². The lowest BCUT2D eigenvalue weighted by Crippen LogP contribution is -2.14. The summed E-state index contributed by atoms with van der Waals surface area (Å²) < 4.78 is 0. The molecule has 19 heavy (non-hydrogen) atoms. The Labute approximate surface area is 121 Å². The highest BCUT2D eigenvalue weighted by Gasteiger charge is 2.10. The van der Waals surface area contributed by atoms with E-state index in [9.17, 15) is 4.79 Å². The van der Waals surface area contributed by atoms with Crippen molar-refractivity contribution in [2.24, 2.45) is 0 Å². The molecule has 5 heteroatoms. The first kappa shape index (κ1) is 13.8. The lowest BCUT2D eigenvalue weighted by molar-refractivity contribution is 0.102. The molecule has 0 radical (unpaired) electrons. The molecule has 0 fully saturated rings. The molecule has 0 spiro atoms. The molecule has 0 aromatic heterocycles. The first-order valence-corrected chi connectivity index (χ1v) is 7.21. The minimum absolute atomic E-state index is 0.266. The van der Waals surface area contributed by atoms with Gasteiger partial charge in [-0.1, -0.05) is 17.7 Å². The molecule has 0 saturated heterocycles. The quantitative estimate of drug-likeness (QED) is 0.666. The molecule has 0 aliphatic heterocycles. The first-order valence-electron chi connectivity index (χ1n) is 5.60. The van der Waals surface area contributed by atoms with Crippen molar-refractivity contribution in [3.8, 4) is 0 Å². The number of carbonyl (C=O) groups excluding carboxylic acids is 1. The van der Waals surface area contributed by atoms with Crippen molar-refractivity contribution < 1.29 is 4.79 Å². The van der Waals surface area contributed by atoms with E-state index in [1.165, 1.54) is 0 Å². The van der Waals surface area contributed by atoms with E-state index in [0.717, 1.165) is 10.6 Å². The Morgan fingerprint density at radius 3 is 2.79 bits per heavy atom. The second-order valence-electron chi connectivity index (χ2n) is 3.92. The van der Waals surface area contributed by atoms with E-state index in [4.69, 9.17) is 17.3 Å². The molecule has 0 unspecified atom stereocenters. The normalized spacial score (nSPS) is 10.2. The third kappa shape index (κ3) is 3.43. The van der Waals surface area contributed by atoms with Crippen LogP contribution in [0.1, 0.15) is 10.4 Å². The van der Waals surface area contributed by atoms with Gasteiger partial charge in [0.05, 0.1) is 5.56 Å². The molecule has 0 atom stereocenters. The fourth-order valence-electron chi connectivity index (χ4n) is 1.62. The molecule has 98 valence electrons. The molecule has 2 aromatic carbocycles.